The van der Waals surface area contributed by atoms with Crippen LogP contribution in [0.5, 0.6) is 5.75 Å². The lowest BCUT2D eigenvalue weighted by Gasteiger charge is -2.11. The molecule has 1 rings (SSSR count). The molecule has 0 aliphatic heterocycles. The zero-order chi connectivity index (χ0) is 14.3. The molecule has 0 saturated heterocycles. The Labute approximate surface area is 124 Å². The number of amides is 2. The van der Waals surface area contributed by atoms with Gasteiger partial charge in [-0.05, 0) is 37.6 Å². The van der Waals surface area contributed by atoms with Crippen LogP contribution in [-0.4, -0.2) is 31.5 Å². The Balaban J connectivity index is 0.00000361. The summed E-state index contributed by atoms with van der Waals surface area (Å²) in [6, 6.07) is 5.39. The highest BCUT2D eigenvalue weighted by Crippen LogP contribution is 2.21. The smallest absolute Gasteiger partial charge is 0.243 e. The first-order valence-electron chi connectivity index (χ1n) is 6.07. The Morgan fingerprint density at radius 1 is 1.30 bits per heavy atom. The van der Waals surface area contributed by atoms with Crippen molar-refractivity contribution >= 4 is 29.9 Å². The van der Waals surface area contributed by atoms with Crippen LogP contribution in [0.25, 0.3) is 0 Å². The third kappa shape index (κ3) is 5.90. The van der Waals surface area contributed by atoms with E-state index in [1.54, 1.807) is 12.1 Å². The number of benzene rings is 1. The van der Waals surface area contributed by atoms with Crippen LogP contribution in [-0.2, 0) is 9.59 Å². The number of anilines is 1. The predicted molar refractivity (Wildman–Crippen MR) is 80.3 cm³/mol. The molecule has 6 nitrogen and oxygen atoms in total. The monoisotopic (exact) mass is 301 g/mol. The lowest BCUT2D eigenvalue weighted by molar-refractivity contribution is -0.123. The summed E-state index contributed by atoms with van der Waals surface area (Å²) in [5.74, 6) is 0.0991. The molecule has 0 spiro atoms. The number of carbonyl (C=O) groups is 2. The molecule has 0 aromatic heterocycles. The van der Waals surface area contributed by atoms with Crippen LogP contribution < -0.4 is 21.1 Å². The minimum Gasteiger partial charge on any atom is -0.494 e. The van der Waals surface area contributed by atoms with Gasteiger partial charge in [0.05, 0.1) is 19.7 Å². The lowest BCUT2D eigenvalue weighted by Crippen LogP contribution is -2.36. The van der Waals surface area contributed by atoms with Gasteiger partial charge in [-0.1, -0.05) is 0 Å². The first-order valence-corrected chi connectivity index (χ1v) is 6.07. The summed E-state index contributed by atoms with van der Waals surface area (Å²) in [7, 11) is 0. The second kappa shape index (κ2) is 9.17. The fourth-order valence-corrected chi connectivity index (χ4v) is 1.48. The summed E-state index contributed by atoms with van der Waals surface area (Å²) in [6.07, 6.45) is 0. The van der Waals surface area contributed by atoms with Crippen LogP contribution in [0.15, 0.2) is 18.2 Å². The van der Waals surface area contributed by atoms with Gasteiger partial charge in [0.15, 0.2) is 0 Å². The van der Waals surface area contributed by atoms with Crippen LogP contribution in [0.2, 0.25) is 0 Å². The minimum atomic E-state index is -0.362. The van der Waals surface area contributed by atoms with E-state index >= 15 is 0 Å². The largest absolute Gasteiger partial charge is 0.494 e. The van der Waals surface area contributed by atoms with E-state index in [9.17, 15) is 9.59 Å². The Morgan fingerprint density at radius 2 is 2.00 bits per heavy atom. The van der Waals surface area contributed by atoms with Crippen molar-refractivity contribution in [3.8, 4) is 5.75 Å². The summed E-state index contributed by atoms with van der Waals surface area (Å²) in [5, 5.41) is 5.11. The topological polar surface area (TPSA) is 93.5 Å². The molecule has 0 aliphatic carbocycles. The van der Waals surface area contributed by atoms with Gasteiger partial charge in [0.25, 0.3) is 0 Å². The van der Waals surface area contributed by atoms with E-state index in [2.05, 4.69) is 10.6 Å². The highest BCUT2D eigenvalue weighted by atomic mass is 35.5. The Kier molecular flexibility index (Phi) is 8.35. The quantitative estimate of drug-likeness (QED) is 0.725. The molecule has 0 fully saturated rings. The van der Waals surface area contributed by atoms with Gasteiger partial charge in [-0.2, -0.15) is 0 Å². The van der Waals surface area contributed by atoms with Crippen molar-refractivity contribution in [2.75, 3.05) is 25.0 Å². The van der Waals surface area contributed by atoms with Gasteiger partial charge in [-0.3, -0.25) is 9.59 Å². The summed E-state index contributed by atoms with van der Waals surface area (Å²) in [6.45, 7) is 4.15. The number of rotatable bonds is 6. The zero-order valence-electron chi connectivity index (χ0n) is 11.6. The lowest BCUT2D eigenvalue weighted by atomic mass is 10.2. The van der Waals surface area contributed by atoms with Crippen LogP contribution in [0.3, 0.4) is 0 Å². The van der Waals surface area contributed by atoms with Gasteiger partial charge in [-0.15, -0.1) is 12.4 Å². The fourth-order valence-electron chi connectivity index (χ4n) is 1.48. The fraction of sp³-hybridized carbons (Fsp3) is 0.385. The maximum absolute atomic E-state index is 11.6. The van der Waals surface area contributed by atoms with E-state index in [4.69, 9.17) is 10.5 Å². The van der Waals surface area contributed by atoms with Crippen LogP contribution in [0.4, 0.5) is 5.69 Å². The molecule has 0 heterocycles. The second-order valence-corrected chi connectivity index (χ2v) is 3.94. The Bertz CT molecular complexity index is 466. The molecule has 0 radical (unpaired) electrons. The number of aryl methyl sites for hydroxylation is 1. The average molecular weight is 302 g/mol. The molecule has 0 aliphatic rings. The van der Waals surface area contributed by atoms with Crippen molar-refractivity contribution < 1.29 is 14.3 Å². The van der Waals surface area contributed by atoms with E-state index in [0.717, 1.165) is 11.3 Å². The summed E-state index contributed by atoms with van der Waals surface area (Å²) < 4.78 is 5.36. The van der Waals surface area contributed by atoms with Crippen molar-refractivity contribution in [1.82, 2.24) is 5.32 Å². The van der Waals surface area contributed by atoms with Crippen molar-refractivity contribution in [3.63, 3.8) is 0 Å². The number of hydrogen-bond acceptors (Lipinski definition) is 4. The highest BCUT2D eigenvalue weighted by molar-refractivity contribution is 5.95. The third-order valence-electron chi connectivity index (χ3n) is 2.41. The molecule has 4 N–H and O–H groups in total. The first-order chi connectivity index (χ1) is 9.06. The molecule has 0 unspecified atom stereocenters. The summed E-state index contributed by atoms with van der Waals surface area (Å²) in [5.41, 5.74) is 6.71. The Hall–Kier alpha value is -1.79. The van der Waals surface area contributed by atoms with E-state index in [0.29, 0.717) is 12.3 Å². The first kappa shape index (κ1) is 18.2. The Morgan fingerprint density at radius 3 is 2.55 bits per heavy atom. The normalized spacial score (nSPS) is 9.35. The summed E-state index contributed by atoms with van der Waals surface area (Å²) >= 11 is 0. The number of halogens is 1. The van der Waals surface area contributed by atoms with Crippen LogP contribution >= 0.6 is 12.4 Å². The maximum Gasteiger partial charge on any atom is 0.243 e. The molecule has 1 aromatic rings. The second-order valence-electron chi connectivity index (χ2n) is 3.94. The maximum atomic E-state index is 11.6. The molecule has 0 bridgehead atoms. The van der Waals surface area contributed by atoms with Gasteiger partial charge in [0.2, 0.25) is 11.8 Å². The van der Waals surface area contributed by atoms with E-state index in [1.165, 1.54) is 0 Å². The van der Waals surface area contributed by atoms with Gasteiger partial charge >= 0.3 is 0 Å². The van der Waals surface area contributed by atoms with E-state index in [-0.39, 0.29) is 37.3 Å². The van der Waals surface area contributed by atoms with Gasteiger partial charge in [-0.25, -0.2) is 0 Å². The van der Waals surface area contributed by atoms with E-state index < -0.39 is 0 Å². The molecular weight excluding hydrogens is 282 g/mol. The molecule has 20 heavy (non-hydrogen) atoms. The van der Waals surface area contributed by atoms with Crippen molar-refractivity contribution in [1.29, 1.82) is 0 Å². The number of nitrogens with one attached hydrogen (secondary N) is 2. The van der Waals surface area contributed by atoms with Crippen molar-refractivity contribution in [3.05, 3.63) is 23.8 Å². The summed E-state index contributed by atoms with van der Waals surface area (Å²) in [4.78, 5) is 22.5. The predicted octanol–water partition coefficient (Wildman–Crippen LogP) is 0.829. The highest BCUT2D eigenvalue weighted by Gasteiger charge is 2.07. The standard InChI is InChI=1S/C13H19N3O3.ClH/c1-3-19-10-4-5-11(9(2)6-10)16-13(18)8-15-12(17)7-14;/h4-6H,3,7-8,14H2,1-2H3,(H,15,17)(H,16,18);1H. The number of carbonyl (C=O) groups excluding carboxylic acids is 2. The molecule has 112 valence electrons. The van der Waals surface area contributed by atoms with Gasteiger partial charge < -0.3 is 21.1 Å². The average Bonchev–Trinajstić information content (AvgIpc) is 2.39. The number of ether oxygens (including phenoxy) is 1. The number of nitrogens with two attached hydrogens (primary N) is 1. The van der Waals surface area contributed by atoms with Gasteiger partial charge in [0, 0.05) is 5.69 Å². The molecule has 0 atom stereocenters. The van der Waals surface area contributed by atoms with E-state index in [1.807, 2.05) is 19.9 Å². The zero-order valence-corrected chi connectivity index (χ0v) is 12.4. The molecule has 1 aromatic carbocycles. The molecule has 2 amide bonds. The SMILES string of the molecule is CCOc1ccc(NC(=O)CNC(=O)CN)c(C)c1.Cl. The van der Waals surface area contributed by atoms with Crippen LogP contribution in [0, 0.1) is 6.92 Å². The third-order valence-corrected chi connectivity index (χ3v) is 2.41. The van der Waals surface area contributed by atoms with Crippen LogP contribution in [0.1, 0.15) is 12.5 Å². The van der Waals surface area contributed by atoms with Gasteiger partial charge in [0.1, 0.15) is 5.75 Å². The minimum absolute atomic E-state index is 0. The van der Waals surface area contributed by atoms with Crippen molar-refractivity contribution in [2.45, 2.75) is 13.8 Å². The molecular formula is C13H20ClN3O3. The molecule has 0 saturated carbocycles. The van der Waals surface area contributed by atoms with Crippen molar-refractivity contribution in [2.24, 2.45) is 5.73 Å². The molecule has 7 heteroatoms. The number of hydrogen-bond donors (Lipinski definition) is 3.